The number of aromatic amines is 1. The number of H-pyrrole nitrogens is 1. The average molecular weight is 384 g/mol. The van der Waals surface area contributed by atoms with Crippen LogP contribution in [-0.4, -0.2) is 15.1 Å². The summed E-state index contributed by atoms with van der Waals surface area (Å²) in [6, 6.07) is 4.54. The first-order chi connectivity index (χ1) is 11.9. The van der Waals surface area contributed by atoms with E-state index in [1.165, 1.54) is 12.1 Å². The third-order valence-electron chi connectivity index (χ3n) is 3.32. The van der Waals surface area contributed by atoms with Gasteiger partial charge in [0.15, 0.2) is 5.11 Å². The molecule has 0 radical (unpaired) electrons. The summed E-state index contributed by atoms with van der Waals surface area (Å²) in [5.74, 6) is -0.147. The third-order valence-corrected chi connectivity index (χ3v) is 3.91. The molecule has 9 heteroatoms. The van der Waals surface area contributed by atoms with Crippen LogP contribution in [0.1, 0.15) is 30.2 Å². The van der Waals surface area contributed by atoms with Crippen molar-refractivity contribution in [2.45, 2.75) is 33.2 Å². The Morgan fingerprint density at radius 1 is 1.40 bits per heavy atom. The quantitative estimate of drug-likeness (QED) is 0.453. The zero-order valence-electron chi connectivity index (χ0n) is 13.9. The highest BCUT2D eigenvalue weighted by Crippen LogP contribution is 2.21. The van der Waals surface area contributed by atoms with Crippen molar-refractivity contribution in [3.8, 4) is 0 Å². The normalized spacial score (nSPS) is 10.4. The molecule has 0 atom stereocenters. The van der Waals surface area contributed by atoms with Gasteiger partial charge in [0.25, 0.3) is 5.56 Å². The highest BCUT2D eigenvalue weighted by molar-refractivity contribution is 7.80. The first-order valence-corrected chi connectivity index (χ1v) is 8.52. The molecule has 0 aliphatic rings. The molecule has 0 saturated heterocycles. The van der Waals surface area contributed by atoms with Crippen molar-refractivity contribution in [1.29, 1.82) is 0 Å². The van der Waals surface area contributed by atoms with Crippen molar-refractivity contribution < 1.29 is 4.39 Å². The molecule has 0 aliphatic heterocycles. The fourth-order valence-corrected chi connectivity index (χ4v) is 2.65. The van der Waals surface area contributed by atoms with Crippen LogP contribution in [0.3, 0.4) is 0 Å². The van der Waals surface area contributed by atoms with Gasteiger partial charge in [-0.15, -0.1) is 0 Å². The molecular formula is C16H19ClFN5OS. The van der Waals surface area contributed by atoms with Gasteiger partial charge < -0.3 is 10.3 Å². The predicted octanol–water partition coefficient (Wildman–Crippen LogP) is 2.81. The van der Waals surface area contributed by atoms with Gasteiger partial charge in [-0.05, 0) is 43.3 Å². The molecule has 0 fully saturated rings. The molecule has 0 amide bonds. The Hall–Kier alpha value is -2.19. The summed E-state index contributed by atoms with van der Waals surface area (Å²) in [6.45, 7) is 3.90. The van der Waals surface area contributed by atoms with E-state index < -0.39 is 5.82 Å². The average Bonchev–Trinajstić information content (AvgIpc) is 2.51. The van der Waals surface area contributed by atoms with E-state index in [2.05, 4.69) is 26.1 Å². The van der Waals surface area contributed by atoms with Crippen molar-refractivity contribution >= 4 is 34.9 Å². The largest absolute Gasteiger partial charge is 0.357 e. The summed E-state index contributed by atoms with van der Waals surface area (Å²) in [6.07, 6.45) is 1.63. The second-order valence-electron chi connectivity index (χ2n) is 5.48. The highest BCUT2D eigenvalue weighted by atomic mass is 35.5. The Morgan fingerprint density at radius 2 is 2.16 bits per heavy atom. The number of anilines is 1. The second-order valence-corrected chi connectivity index (χ2v) is 6.30. The van der Waals surface area contributed by atoms with Crippen LogP contribution in [0, 0.1) is 12.7 Å². The fourth-order valence-electron chi connectivity index (χ4n) is 2.20. The first kappa shape index (κ1) is 19.1. The van der Waals surface area contributed by atoms with Crippen molar-refractivity contribution in [2.75, 3.05) is 5.43 Å². The molecule has 1 heterocycles. The van der Waals surface area contributed by atoms with E-state index in [0.29, 0.717) is 10.6 Å². The summed E-state index contributed by atoms with van der Waals surface area (Å²) in [5.41, 5.74) is 6.90. The first-order valence-electron chi connectivity index (χ1n) is 7.73. The number of hydrazine groups is 1. The maximum atomic E-state index is 13.9. The maximum absolute atomic E-state index is 13.9. The number of hydrogen-bond donors (Lipinski definition) is 4. The Kier molecular flexibility index (Phi) is 6.72. The standard InChI is InChI=1S/C16H19ClFN5OS/c1-3-4-10-7-14(24)21-15(20-10)22-23-16(25)19-8-11-12(17)5-9(2)6-13(11)18/h5-7H,3-4,8H2,1-2H3,(H2,19,23,25)(H2,20,21,22,24). The van der Waals surface area contributed by atoms with Crippen LogP contribution in [0.4, 0.5) is 10.3 Å². The molecule has 0 unspecified atom stereocenters. The molecule has 134 valence electrons. The number of thiocarbonyl (C=S) groups is 1. The van der Waals surface area contributed by atoms with Crippen LogP contribution in [0.2, 0.25) is 5.02 Å². The molecule has 6 nitrogen and oxygen atoms in total. The number of aromatic nitrogens is 2. The molecule has 2 rings (SSSR count). The van der Waals surface area contributed by atoms with Crippen molar-refractivity contribution in [3.63, 3.8) is 0 Å². The van der Waals surface area contributed by atoms with Crippen LogP contribution >= 0.6 is 23.8 Å². The predicted molar refractivity (Wildman–Crippen MR) is 101 cm³/mol. The number of nitrogens with zero attached hydrogens (tertiary/aromatic N) is 1. The zero-order chi connectivity index (χ0) is 18.4. The van der Waals surface area contributed by atoms with Gasteiger partial charge in [0.05, 0.1) is 0 Å². The van der Waals surface area contributed by atoms with Crippen LogP contribution in [0.5, 0.6) is 0 Å². The SMILES string of the molecule is CCCc1cc(=O)nc(NNC(=S)NCc2c(F)cc(C)cc2Cl)[nH]1. The molecule has 1 aromatic heterocycles. The number of halogens is 2. The van der Waals surface area contributed by atoms with E-state index in [9.17, 15) is 9.18 Å². The maximum Gasteiger partial charge on any atom is 0.274 e. The van der Waals surface area contributed by atoms with Gasteiger partial charge >= 0.3 is 0 Å². The van der Waals surface area contributed by atoms with E-state index in [-0.39, 0.29) is 23.2 Å². The summed E-state index contributed by atoms with van der Waals surface area (Å²) in [7, 11) is 0. The molecule has 4 N–H and O–H groups in total. The smallest absolute Gasteiger partial charge is 0.274 e. The van der Waals surface area contributed by atoms with Crippen molar-refractivity contribution in [1.82, 2.24) is 20.7 Å². The van der Waals surface area contributed by atoms with E-state index in [0.717, 1.165) is 24.1 Å². The van der Waals surface area contributed by atoms with E-state index in [1.807, 2.05) is 6.92 Å². The van der Waals surface area contributed by atoms with Gasteiger partial charge in [-0.3, -0.25) is 15.6 Å². The summed E-state index contributed by atoms with van der Waals surface area (Å²) in [5, 5.41) is 3.38. The minimum Gasteiger partial charge on any atom is -0.357 e. The van der Waals surface area contributed by atoms with Gasteiger partial charge in [-0.25, -0.2) is 4.39 Å². The lowest BCUT2D eigenvalue weighted by atomic mass is 10.1. The zero-order valence-corrected chi connectivity index (χ0v) is 15.4. The molecule has 25 heavy (non-hydrogen) atoms. The van der Waals surface area contributed by atoms with Gasteiger partial charge in [0, 0.05) is 28.9 Å². The van der Waals surface area contributed by atoms with Crippen LogP contribution in [0.25, 0.3) is 0 Å². The van der Waals surface area contributed by atoms with Gasteiger partial charge in [-0.1, -0.05) is 24.9 Å². The fraction of sp³-hybridized carbons (Fsp3) is 0.312. The number of rotatable bonds is 6. The van der Waals surface area contributed by atoms with Crippen molar-refractivity contribution in [2.24, 2.45) is 0 Å². The molecule has 2 aromatic rings. The number of hydrogen-bond acceptors (Lipinski definition) is 4. The molecule has 1 aromatic carbocycles. The lowest BCUT2D eigenvalue weighted by Gasteiger charge is -2.13. The topological polar surface area (TPSA) is 81.8 Å². The van der Waals surface area contributed by atoms with E-state index in [1.54, 1.807) is 13.0 Å². The van der Waals surface area contributed by atoms with E-state index >= 15 is 0 Å². The highest BCUT2D eigenvalue weighted by Gasteiger charge is 2.09. The lowest BCUT2D eigenvalue weighted by Crippen LogP contribution is -2.39. The molecule has 0 saturated carbocycles. The minimum absolute atomic E-state index is 0.123. The minimum atomic E-state index is -0.397. The van der Waals surface area contributed by atoms with E-state index in [4.69, 9.17) is 23.8 Å². The van der Waals surface area contributed by atoms with Gasteiger partial charge in [0.2, 0.25) is 5.95 Å². The van der Waals surface area contributed by atoms with Gasteiger partial charge in [-0.2, -0.15) is 4.98 Å². The number of nitrogens with one attached hydrogen (secondary N) is 4. The molecule has 0 spiro atoms. The summed E-state index contributed by atoms with van der Waals surface area (Å²) >= 11 is 11.2. The molecule has 0 bridgehead atoms. The summed E-state index contributed by atoms with van der Waals surface area (Å²) in [4.78, 5) is 18.3. The Labute approximate surface area is 155 Å². The summed E-state index contributed by atoms with van der Waals surface area (Å²) < 4.78 is 13.9. The van der Waals surface area contributed by atoms with Crippen LogP contribution in [0.15, 0.2) is 23.0 Å². The Balaban J connectivity index is 1.92. The van der Waals surface area contributed by atoms with Gasteiger partial charge in [0.1, 0.15) is 5.82 Å². The molecule has 0 aliphatic carbocycles. The second kappa shape index (κ2) is 8.77. The van der Waals surface area contributed by atoms with Crippen LogP contribution in [-0.2, 0) is 13.0 Å². The Bertz CT molecular complexity index is 803. The third kappa shape index (κ3) is 5.68. The molecular weight excluding hydrogens is 365 g/mol. The number of benzene rings is 1. The number of aryl methyl sites for hydroxylation is 2. The monoisotopic (exact) mass is 383 g/mol. The van der Waals surface area contributed by atoms with Crippen LogP contribution < -0.4 is 21.7 Å². The van der Waals surface area contributed by atoms with Crippen molar-refractivity contribution in [3.05, 3.63) is 56.2 Å². The lowest BCUT2D eigenvalue weighted by molar-refractivity contribution is 0.604. The Morgan fingerprint density at radius 3 is 2.84 bits per heavy atom.